The molecule has 1 amide bonds. The van der Waals surface area contributed by atoms with Crippen LogP contribution in [0.1, 0.15) is 25.7 Å². The van der Waals surface area contributed by atoms with Crippen LogP contribution in [0.15, 0.2) is 0 Å². The van der Waals surface area contributed by atoms with E-state index in [1.54, 1.807) is 0 Å². The average molecular weight is 211 g/mol. The molecular weight excluding hydrogens is 194 g/mol. The Labute approximate surface area is 89.5 Å². The molecule has 2 heterocycles. The Morgan fingerprint density at radius 2 is 1.73 bits per heavy atom. The van der Waals surface area contributed by atoms with E-state index < -0.39 is 0 Å². The molecular formula is C11H17NO3. The Kier molecular flexibility index (Phi) is 2.21. The molecule has 3 rings (SSSR count). The van der Waals surface area contributed by atoms with Crippen LogP contribution in [0.2, 0.25) is 0 Å². The molecule has 15 heavy (non-hydrogen) atoms. The van der Waals surface area contributed by atoms with Crippen LogP contribution in [0, 0.1) is 5.92 Å². The molecule has 0 aromatic carbocycles. The maximum Gasteiger partial charge on any atom is 0.225 e. The molecule has 3 aliphatic rings. The minimum absolute atomic E-state index is 0.337. The zero-order valence-corrected chi connectivity index (χ0v) is 8.91. The second-order valence-electron chi connectivity index (χ2n) is 4.71. The Hall–Kier alpha value is -0.610. The maximum absolute atomic E-state index is 11.8. The van der Waals surface area contributed by atoms with E-state index in [9.17, 15) is 4.79 Å². The van der Waals surface area contributed by atoms with Gasteiger partial charge in [-0.25, -0.2) is 0 Å². The van der Waals surface area contributed by atoms with Gasteiger partial charge in [0, 0.05) is 31.8 Å². The number of likely N-dealkylation sites (tertiary alicyclic amines) is 1. The summed E-state index contributed by atoms with van der Waals surface area (Å²) in [5.74, 6) is 0.340. The van der Waals surface area contributed by atoms with Crippen molar-refractivity contribution >= 4 is 5.91 Å². The van der Waals surface area contributed by atoms with Crippen molar-refractivity contribution in [1.29, 1.82) is 0 Å². The maximum atomic E-state index is 11.8. The summed E-state index contributed by atoms with van der Waals surface area (Å²) in [6.07, 6.45) is 3.86. The van der Waals surface area contributed by atoms with Gasteiger partial charge < -0.3 is 14.4 Å². The summed E-state index contributed by atoms with van der Waals surface area (Å²) in [6.45, 7) is 3.01. The minimum Gasteiger partial charge on any atom is -0.347 e. The molecule has 0 N–H and O–H groups in total. The van der Waals surface area contributed by atoms with Gasteiger partial charge in [0.1, 0.15) is 0 Å². The van der Waals surface area contributed by atoms with Crippen molar-refractivity contribution in [1.82, 2.24) is 4.90 Å². The molecule has 0 aromatic rings. The fourth-order valence-corrected chi connectivity index (χ4v) is 2.44. The quantitative estimate of drug-likeness (QED) is 0.643. The van der Waals surface area contributed by atoms with Crippen molar-refractivity contribution < 1.29 is 14.3 Å². The average Bonchev–Trinajstić information content (AvgIpc) is 3.02. The topological polar surface area (TPSA) is 38.8 Å². The molecule has 0 aromatic heterocycles. The predicted molar refractivity (Wildman–Crippen MR) is 53.2 cm³/mol. The summed E-state index contributed by atoms with van der Waals surface area (Å²) in [4.78, 5) is 13.8. The van der Waals surface area contributed by atoms with Crippen molar-refractivity contribution in [3.8, 4) is 0 Å². The molecule has 0 atom stereocenters. The second kappa shape index (κ2) is 3.46. The van der Waals surface area contributed by atoms with Crippen molar-refractivity contribution in [2.75, 3.05) is 26.3 Å². The van der Waals surface area contributed by atoms with Crippen LogP contribution in [-0.4, -0.2) is 42.9 Å². The van der Waals surface area contributed by atoms with Gasteiger partial charge in [-0.15, -0.1) is 0 Å². The molecule has 0 bridgehead atoms. The van der Waals surface area contributed by atoms with Crippen LogP contribution < -0.4 is 0 Å². The molecule has 2 aliphatic heterocycles. The van der Waals surface area contributed by atoms with E-state index in [1.165, 1.54) is 0 Å². The van der Waals surface area contributed by atoms with Crippen LogP contribution >= 0.6 is 0 Å². The first-order valence-electron chi connectivity index (χ1n) is 5.86. The van der Waals surface area contributed by atoms with Crippen LogP contribution in [0.5, 0.6) is 0 Å². The van der Waals surface area contributed by atoms with Crippen molar-refractivity contribution in [2.45, 2.75) is 31.5 Å². The van der Waals surface area contributed by atoms with Crippen LogP contribution in [-0.2, 0) is 14.3 Å². The normalized spacial score (nSPS) is 29.7. The van der Waals surface area contributed by atoms with E-state index in [0.29, 0.717) is 25.0 Å². The summed E-state index contributed by atoms with van der Waals surface area (Å²) < 4.78 is 11.3. The smallest absolute Gasteiger partial charge is 0.225 e. The van der Waals surface area contributed by atoms with Crippen LogP contribution in [0.4, 0.5) is 0 Å². The molecule has 1 saturated carbocycles. The lowest BCUT2D eigenvalue weighted by Gasteiger charge is -2.37. The summed E-state index contributed by atoms with van der Waals surface area (Å²) >= 11 is 0. The number of carbonyl (C=O) groups excluding carboxylic acids is 1. The predicted octanol–water partition coefficient (Wildman–Crippen LogP) is 0.762. The highest BCUT2D eigenvalue weighted by atomic mass is 16.7. The number of carbonyl (C=O) groups is 1. The zero-order chi connectivity index (χ0) is 10.3. The van der Waals surface area contributed by atoms with E-state index >= 15 is 0 Å². The van der Waals surface area contributed by atoms with Gasteiger partial charge in [-0.05, 0) is 12.8 Å². The summed E-state index contributed by atoms with van der Waals surface area (Å²) in [5, 5.41) is 0. The molecule has 1 spiro atoms. The number of ether oxygens (including phenoxy) is 2. The lowest BCUT2D eigenvalue weighted by molar-refractivity contribution is -0.187. The molecule has 1 aliphatic carbocycles. The highest BCUT2D eigenvalue weighted by molar-refractivity contribution is 5.81. The summed E-state index contributed by atoms with van der Waals surface area (Å²) in [6, 6.07) is 0. The molecule has 3 fully saturated rings. The summed E-state index contributed by atoms with van der Waals surface area (Å²) in [5.41, 5.74) is 0. The largest absolute Gasteiger partial charge is 0.347 e. The minimum atomic E-state index is -0.347. The first-order valence-corrected chi connectivity index (χ1v) is 5.86. The van der Waals surface area contributed by atoms with Crippen LogP contribution in [0.3, 0.4) is 0 Å². The van der Waals surface area contributed by atoms with Gasteiger partial charge in [0.2, 0.25) is 5.91 Å². The monoisotopic (exact) mass is 211 g/mol. The van der Waals surface area contributed by atoms with Gasteiger partial charge in [0.15, 0.2) is 5.79 Å². The van der Waals surface area contributed by atoms with E-state index in [2.05, 4.69) is 0 Å². The molecule has 2 saturated heterocycles. The lowest BCUT2D eigenvalue weighted by Crippen LogP contribution is -2.47. The first kappa shape index (κ1) is 9.60. The highest BCUT2D eigenvalue weighted by Crippen LogP contribution is 2.35. The number of amides is 1. The van der Waals surface area contributed by atoms with E-state index in [-0.39, 0.29) is 5.79 Å². The lowest BCUT2D eigenvalue weighted by atomic mass is 10.0. The number of hydrogen-bond donors (Lipinski definition) is 0. The molecule has 4 heteroatoms. The highest BCUT2D eigenvalue weighted by Gasteiger charge is 2.42. The van der Waals surface area contributed by atoms with Gasteiger partial charge in [-0.1, -0.05) is 0 Å². The summed E-state index contributed by atoms with van der Waals surface area (Å²) in [7, 11) is 0. The Morgan fingerprint density at radius 1 is 1.13 bits per heavy atom. The van der Waals surface area contributed by atoms with Gasteiger partial charge in [0.25, 0.3) is 0 Å². The number of hydrogen-bond acceptors (Lipinski definition) is 3. The van der Waals surface area contributed by atoms with E-state index in [0.717, 1.165) is 38.8 Å². The third-order valence-corrected chi connectivity index (χ3v) is 3.58. The Balaban J connectivity index is 1.57. The first-order chi connectivity index (χ1) is 7.29. The van der Waals surface area contributed by atoms with Crippen molar-refractivity contribution in [3.63, 3.8) is 0 Å². The van der Waals surface area contributed by atoms with Gasteiger partial charge >= 0.3 is 0 Å². The van der Waals surface area contributed by atoms with Crippen molar-refractivity contribution in [2.24, 2.45) is 5.92 Å². The van der Waals surface area contributed by atoms with Crippen molar-refractivity contribution in [3.05, 3.63) is 0 Å². The Morgan fingerprint density at radius 3 is 2.27 bits per heavy atom. The van der Waals surface area contributed by atoms with Crippen LogP contribution in [0.25, 0.3) is 0 Å². The molecule has 0 radical (unpaired) electrons. The number of nitrogens with zero attached hydrogens (tertiary/aromatic N) is 1. The SMILES string of the molecule is O=C(C1CC1)N1CCC2(CC1)OCCO2. The molecule has 84 valence electrons. The number of rotatable bonds is 1. The Bertz CT molecular complexity index is 259. The van der Waals surface area contributed by atoms with E-state index in [4.69, 9.17) is 9.47 Å². The van der Waals surface area contributed by atoms with Gasteiger partial charge in [0.05, 0.1) is 13.2 Å². The van der Waals surface area contributed by atoms with E-state index in [1.807, 2.05) is 4.90 Å². The molecule has 4 nitrogen and oxygen atoms in total. The van der Waals surface area contributed by atoms with Gasteiger partial charge in [-0.2, -0.15) is 0 Å². The standard InChI is InChI=1S/C11H17NO3/c13-10(9-1-2-9)12-5-3-11(4-6-12)14-7-8-15-11/h9H,1-8H2. The second-order valence-corrected chi connectivity index (χ2v) is 4.71. The third-order valence-electron chi connectivity index (χ3n) is 3.58. The molecule has 0 unspecified atom stereocenters. The third kappa shape index (κ3) is 1.76. The van der Waals surface area contributed by atoms with Gasteiger partial charge in [-0.3, -0.25) is 4.79 Å². The fraction of sp³-hybridized carbons (Fsp3) is 0.909. The zero-order valence-electron chi connectivity index (χ0n) is 8.91. The number of piperidine rings is 1. The fourth-order valence-electron chi connectivity index (χ4n) is 2.44.